The van der Waals surface area contributed by atoms with Crippen LogP contribution in [0.4, 0.5) is 5.82 Å². The minimum Gasteiger partial charge on any atom is -0.384 e. The molecule has 0 saturated carbocycles. The average Bonchev–Trinajstić information content (AvgIpc) is 3.01. The van der Waals surface area contributed by atoms with Crippen LogP contribution < -0.4 is 5.73 Å². The lowest BCUT2D eigenvalue weighted by Gasteiger charge is -2.06. The summed E-state index contributed by atoms with van der Waals surface area (Å²) in [5.74, 6) is 0.529. The molecule has 0 atom stereocenters. The zero-order chi connectivity index (χ0) is 17.2. The predicted octanol–water partition coefficient (Wildman–Crippen LogP) is 4.62. The molecule has 0 spiro atoms. The SMILES string of the molecule is CCCc1nn(-c2ccccc2)c2cc(-c3ccnc(N)c3)ccc12. The molecule has 0 radical (unpaired) electrons. The number of nitrogens with zero attached hydrogens (tertiary/aromatic N) is 3. The Balaban J connectivity index is 1.93. The van der Waals surface area contributed by atoms with E-state index in [0.29, 0.717) is 5.82 Å². The highest BCUT2D eigenvalue weighted by Gasteiger charge is 2.12. The molecule has 0 saturated heterocycles. The van der Waals surface area contributed by atoms with Crippen LogP contribution in [0.25, 0.3) is 27.7 Å². The lowest BCUT2D eigenvalue weighted by molar-refractivity contribution is 0.820. The van der Waals surface area contributed by atoms with Gasteiger partial charge in [0.1, 0.15) is 5.82 Å². The first-order chi connectivity index (χ1) is 12.3. The van der Waals surface area contributed by atoms with E-state index in [-0.39, 0.29) is 0 Å². The minimum absolute atomic E-state index is 0.529. The van der Waals surface area contributed by atoms with Crippen LogP contribution in [0.3, 0.4) is 0 Å². The van der Waals surface area contributed by atoms with Gasteiger partial charge in [0.05, 0.1) is 16.9 Å². The maximum absolute atomic E-state index is 5.84. The molecule has 0 fully saturated rings. The largest absolute Gasteiger partial charge is 0.384 e. The van der Waals surface area contributed by atoms with Crippen LogP contribution >= 0.6 is 0 Å². The molecule has 2 N–H and O–H groups in total. The van der Waals surface area contributed by atoms with Gasteiger partial charge in [0, 0.05) is 11.6 Å². The summed E-state index contributed by atoms with van der Waals surface area (Å²) in [6.45, 7) is 2.18. The van der Waals surface area contributed by atoms with Crippen LogP contribution in [0.2, 0.25) is 0 Å². The van der Waals surface area contributed by atoms with E-state index in [1.54, 1.807) is 6.20 Å². The molecule has 25 heavy (non-hydrogen) atoms. The third kappa shape index (κ3) is 2.87. The van der Waals surface area contributed by atoms with Crippen molar-refractivity contribution < 1.29 is 0 Å². The van der Waals surface area contributed by atoms with Gasteiger partial charge in [0.25, 0.3) is 0 Å². The molecule has 0 aliphatic rings. The van der Waals surface area contributed by atoms with Gasteiger partial charge in [0.15, 0.2) is 0 Å². The molecule has 4 nitrogen and oxygen atoms in total. The Bertz CT molecular complexity index is 1020. The highest BCUT2D eigenvalue weighted by Crippen LogP contribution is 2.29. The van der Waals surface area contributed by atoms with E-state index < -0.39 is 0 Å². The second-order valence-corrected chi connectivity index (χ2v) is 6.15. The number of rotatable bonds is 4. The van der Waals surface area contributed by atoms with Crippen molar-refractivity contribution >= 4 is 16.7 Å². The Morgan fingerprint density at radius 3 is 2.52 bits per heavy atom. The Labute approximate surface area is 146 Å². The smallest absolute Gasteiger partial charge is 0.123 e. The van der Waals surface area contributed by atoms with E-state index >= 15 is 0 Å². The number of hydrogen-bond acceptors (Lipinski definition) is 3. The Morgan fingerprint density at radius 1 is 0.960 bits per heavy atom. The zero-order valence-corrected chi connectivity index (χ0v) is 14.2. The Kier molecular flexibility index (Phi) is 3.94. The number of hydrogen-bond donors (Lipinski definition) is 1. The summed E-state index contributed by atoms with van der Waals surface area (Å²) >= 11 is 0. The van der Waals surface area contributed by atoms with Crippen molar-refractivity contribution in [3.05, 3.63) is 72.6 Å². The fourth-order valence-corrected chi connectivity index (χ4v) is 3.17. The standard InChI is InChI=1S/C21H20N4/c1-2-6-19-18-10-9-15(16-11-12-23-21(22)14-16)13-20(18)25(24-19)17-7-4-3-5-8-17/h3-5,7-14H,2,6H2,1H3,(H2,22,23). The molecular formula is C21H20N4. The molecule has 124 valence electrons. The second-order valence-electron chi connectivity index (χ2n) is 6.15. The van der Waals surface area contributed by atoms with Crippen LogP contribution in [0.1, 0.15) is 19.0 Å². The van der Waals surface area contributed by atoms with Crippen molar-refractivity contribution in [2.45, 2.75) is 19.8 Å². The van der Waals surface area contributed by atoms with Crippen molar-refractivity contribution in [3.63, 3.8) is 0 Å². The number of nitrogens with two attached hydrogens (primary N) is 1. The van der Waals surface area contributed by atoms with Gasteiger partial charge in [-0.2, -0.15) is 5.10 Å². The minimum atomic E-state index is 0.529. The maximum Gasteiger partial charge on any atom is 0.123 e. The highest BCUT2D eigenvalue weighted by atomic mass is 15.3. The topological polar surface area (TPSA) is 56.7 Å². The lowest BCUT2D eigenvalue weighted by atomic mass is 10.0. The Hall–Kier alpha value is -3.14. The van der Waals surface area contributed by atoms with Crippen molar-refractivity contribution in [3.8, 4) is 16.8 Å². The van der Waals surface area contributed by atoms with Gasteiger partial charge in [-0.3, -0.25) is 0 Å². The fraction of sp³-hybridized carbons (Fsp3) is 0.143. The number of anilines is 1. The van der Waals surface area contributed by atoms with E-state index in [0.717, 1.165) is 40.9 Å². The first kappa shape index (κ1) is 15.4. The molecule has 0 aliphatic heterocycles. The molecule has 4 heteroatoms. The highest BCUT2D eigenvalue weighted by molar-refractivity contribution is 5.88. The summed E-state index contributed by atoms with van der Waals surface area (Å²) in [6, 6.07) is 20.6. The van der Waals surface area contributed by atoms with Crippen LogP contribution in [-0.2, 0) is 6.42 Å². The molecule has 0 amide bonds. The van der Waals surface area contributed by atoms with Gasteiger partial charge in [-0.1, -0.05) is 43.7 Å². The van der Waals surface area contributed by atoms with E-state index in [1.165, 1.54) is 5.39 Å². The van der Waals surface area contributed by atoms with Crippen molar-refractivity contribution in [2.75, 3.05) is 5.73 Å². The van der Waals surface area contributed by atoms with Crippen molar-refractivity contribution in [1.82, 2.24) is 14.8 Å². The normalized spacial score (nSPS) is 11.1. The first-order valence-electron chi connectivity index (χ1n) is 8.55. The maximum atomic E-state index is 5.84. The number of benzene rings is 2. The monoisotopic (exact) mass is 328 g/mol. The molecule has 0 unspecified atom stereocenters. The van der Waals surface area contributed by atoms with Crippen molar-refractivity contribution in [2.24, 2.45) is 0 Å². The lowest BCUT2D eigenvalue weighted by Crippen LogP contribution is -1.97. The van der Waals surface area contributed by atoms with Crippen LogP contribution in [-0.4, -0.2) is 14.8 Å². The van der Waals surface area contributed by atoms with Gasteiger partial charge in [-0.15, -0.1) is 0 Å². The summed E-state index contributed by atoms with van der Waals surface area (Å²) in [5.41, 5.74) is 11.3. The number of aryl methyl sites for hydroxylation is 1. The molecular weight excluding hydrogens is 308 g/mol. The quantitative estimate of drug-likeness (QED) is 0.594. The third-order valence-electron chi connectivity index (χ3n) is 4.36. The van der Waals surface area contributed by atoms with Crippen molar-refractivity contribution in [1.29, 1.82) is 0 Å². The summed E-state index contributed by atoms with van der Waals surface area (Å²) in [5, 5.41) is 6.09. The van der Waals surface area contributed by atoms with E-state index in [9.17, 15) is 0 Å². The second kappa shape index (κ2) is 6.40. The van der Waals surface area contributed by atoms with E-state index in [4.69, 9.17) is 10.8 Å². The predicted molar refractivity (Wildman–Crippen MR) is 103 cm³/mol. The molecule has 4 rings (SSSR count). The van der Waals surface area contributed by atoms with Gasteiger partial charge in [0.2, 0.25) is 0 Å². The zero-order valence-electron chi connectivity index (χ0n) is 14.2. The van der Waals surface area contributed by atoms with E-state index in [2.05, 4.69) is 42.2 Å². The number of para-hydroxylation sites is 1. The molecule has 2 aromatic carbocycles. The molecule has 0 bridgehead atoms. The molecule has 4 aromatic rings. The van der Waals surface area contributed by atoms with Gasteiger partial charge in [-0.05, 0) is 47.9 Å². The molecule has 2 aromatic heterocycles. The van der Waals surface area contributed by atoms with Crippen LogP contribution in [0.15, 0.2) is 66.9 Å². The number of nitrogen functional groups attached to an aromatic ring is 1. The summed E-state index contributed by atoms with van der Waals surface area (Å²) in [7, 11) is 0. The number of aromatic nitrogens is 3. The first-order valence-corrected chi connectivity index (χ1v) is 8.55. The van der Waals surface area contributed by atoms with Crippen LogP contribution in [0, 0.1) is 0 Å². The number of fused-ring (bicyclic) bond motifs is 1. The van der Waals surface area contributed by atoms with Gasteiger partial charge in [-0.25, -0.2) is 9.67 Å². The summed E-state index contributed by atoms with van der Waals surface area (Å²) in [6.07, 6.45) is 3.79. The van der Waals surface area contributed by atoms with Gasteiger partial charge >= 0.3 is 0 Å². The van der Waals surface area contributed by atoms with Crippen LogP contribution in [0.5, 0.6) is 0 Å². The Morgan fingerprint density at radius 2 is 1.76 bits per heavy atom. The molecule has 2 heterocycles. The van der Waals surface area contributed by atoms with Gasteiger partial charge < -0.3 is 5.73 Å². The summed E-state index contributed by atoms with van der Waals surface area (Å²) in [4.78, 5) is 4.08. The van der Waals surface area contributed by atoms with E-state index in [1.807, 2.05) is 35.0 Å². The summed E-state index contributed by atoms with van der Waals surface area (Å²) < 4.78 is 2.04. The molecule has 0 aliphatic carbocycles. The number of pyridine rings is 1. The fourth-order valence-electron chi connectivity index (χ4n) is 3.17. The average molecular weight is 328 g/mol. The third-order valence-corrected chi connectivity index (χ3v) is 4.36.